The molecule has 0 saturated carbocycles. The number of rotatable bonds is 11. The molecule has 0 saturated heterocycles. The first kappa shape index (κ1) is 26.5. The van der Waals surface area contributed by atoms with Crippen molar-refractivity contribution in [2.45, 2.75) is 64.6 Å². The average Bonchev–Trinajstić information content (AvgIpc) is 3.16. The van der Waals surface area contributed by atoms with Crippen LogP contribution in [0.15, 0.2) is 60.3 Å². The number of nitrogens with one attached hydrogen (secondary N) is 1. The molecule has 3 rings (SSSR count). The number of aromatic nitrogens is 3. The molecule has 1 aromatic heterocycles. The lowest BCUT2D eigenvalue weighted by Gasteiger charge is -2.19. The number of nitrogens with zero attached hydrogens (tertiary/aromatic N) is 3. The minimum Gasteiger partial charge on any atom is -0.494 e. The number of carbonyl (C=O) groups excluding carboxylic acids is 1. The molecule has 1 N–H and O–H groups in total. The van der Waals surface area contributed by atoms with Gasteiger partial charge in [0.25, 0.3) is 0 Å². The van der Waals surface area contributed by atoms with Crippen LogP contribution < -0.4 is 10.1 Å². The van der Waals surface area contributed by atoms with E-state index in [1.165, 1.54) is 17.3 Å². The third-order valence-corrected chi connectivity index (χ3v) is 6.44. The molecule has 0 aliphatic rings. The Balaban J connectivity index is 1.51. The van der Waals surface area contributed by atoms with Crippen LogP contribution in [0.5, 0.6) is 5.75 Å². The van der Waals surface area contributed by atoms with E-state index in [0.29, 0.717) is 18.3 Å². The van der Waals surface area contributed by atoms with Crippen LogP contribution in [0.1, 0.15) is 49.7 Å². The van der Waals surface area contributed by atoms with Gasteiger partial charge in [0.1, 0.15) is 11.6 Å². The summed E-state index contributed by atoms with van der Waals surface area (Å²) in [4.78, 5) is 12.5. The van der Waals surface area contributed by atoms with Gasteiger partial charge in [0, 0.05) is 18.7 Å². The van der Waals surface area contributed by atoms with E-state index in [9.17, 15) is 4.79 Å². The Morgan fingerprint density at radius 2 is 1.80 bits per heavy atom. The van der Waals surface area contributed by atoms with Crippen molar-refractivity contribution < 1.29 is 9.53 Å². The van der Waals surface area contributed by atoms with Gasteiger partial charge < -0.3 is 14.6 Å². The normalized spacial score (nSPS) is 11.3. The molecule has 0 atom stereocenters. The number of aryl methyl sites for hydroxylation is 3. The van der Waals surface area contributed by atoms with Crippen LogP contribution in [0.2, 0.25) is 0 Å². The third-order valence-electron chi connectivity index (χ3n) is 5.48. The number of carbonyl (C=O) groups is 1. The maximum absolute atomic E-state index is 12.5. The van der Waals surface area contributed by atoms with E-state index < -0.39 is 0 Å². The van der Waals surface area contributed by atoms with Crippen LogP contribution in [0.4, 0.5) is 5.69 Å². The molecule has 0 spiro atoms. The summed E-state index contributed by atoms with van der Waals surface area (Å²) in [5, 5.41) is 12.4. The minimum atomic E-state index is -0.0689. The lowest BCUT2D eigenvalue weighted by molar-refractivity contribution is -0.113. The van der Waals surface area contributed by atoms with Crippen LogP contribution in [0.25, 0.3) is 0 Å². The zero-order valence-corrected chi connectivity index (χ0v) is 22.2. The van der Waals surface area contributed by atoms with E-state index in [0.717, 1.165) is 41.2 Å². The summed E-state index contributed by atoms with van der Waals surface area (Å²) in [7, 11) is 0. The molecule has 0 radical (unpaired) electrons. The van der Waals surface area contributed by atoms with Gasteiger partial charge in [-0.1, -0.05) is 56.8 Å². The van der Waals surface area contributed by atoms with Gasteiger partial charge in [-0.15, -0.1) is 16.8 Å². The highest BCUT2D eigenvalue weighted by Crippen LogP contribution is 2.24. The van der Waals surface area contributed by atoms with E-state index in [1.54, 1.807) is 0 Å². The molecular weight excluding hydrogens is 456 g/mol. The lowest BCUT2D eigenvalue weighted by atomic mass is 9.87. The monoisotopic (exact) mass is 492 g/mol. The van der Waals surface area contributed by atoms with E-state index in [4.69, 9.17) is 4.74 Å². The summed E-state index contributed by atoms with van der Waals surface area (Å²) in [5.74, 6) is 1.93. The largest absolute Gasteiger partial charge is 0.494 e. The molecule has 0 bridgehead atoms. The quantitative estimate of drug-likeness (QED) is 0.198. The fourth-order valence-electron chi connectivity index (χ4n) is 3.77. The van der Waals surface area contributed by atoms with Crippen LogP contribution in [0, 0.1) is 13.8 Å². The SMILES string of the molecule is C=CCn1c(CCCOc2ccc(C(C)(C)C)cc2)nnc1SCC(=O)Nc1cc(C)cc(C)c1. The second kappa shape index (κ2) is 12.1. The number of anilines is 1. The summed E-state index contributed by atoms with van der Waals surface area (Å²) in [6, 6.07) is 14.3. The average molecular weight is 493 g/mol. The molecule has 1 heterocycles. The molecule has 0 aliphatic carbocycles. The topological polar surface area (TPSA) is 69.0 Å². The van der Waals surface area contributed by atoms with Crippen molar-refractivity contribution in [1.29, 1.82) is 0 Å². The molecule has 0 unspecified atom stereocenters. The predicted molar refractivity (Wildman–Crippen MR) is 144 cm³/mol. The van der Waals surface area contributed by atoms with Gasteiger partial charge in [-0.25, -0.2) is 0 Å². The molecular formula is C28H36N4O2S. The highest BCUT2D eigenvalue weighted by atomic mass is 32.2. The number of amides is 1. The zero-order chi connectivity index (χ0) is 25.4. The Morgan fingerprint density at radius 1 is 1.11 bits per heavy atom. The second-order valence-electron chi connectivity index (χ2n) is 9.74. The van der Waals surface area contributed by atoms with E-state index in [1.807, 2.05) is 48.8 Å². The molecule has 0 fully saturated rings. The van der Waals surface area contributed by atoms with Gasteiger partial charge in [-0.2, -0.15) is 0 Å². The fourth-order valence-corrected chi connectivity index (χ4v) is 4.54. The Bertz CT molecular complexity index is 1130. The molecule has 35 heavy (non-hydrogen) atoms. The first-order valence-corrected chi connectivity index (χ1v) is 12.9. The predicted octanol–water partition coefficient (Wildman–Crippen LogP) is 6.12. The van der Waals surface area contributed by atoms with E-state index >= 15 is 0 Å². The van der Waals surface area contributed by atoms with Crippen LogP contribution >= 0.6 is 11.8 Å². The molecule has 1 amide bonds. The summed E-state index contributed by atoms with van der Waals surface area (Å²) in [6.45, 7) is 15.7. The van der Waals surface area contributed by atoms with Crippen molar-refractivity contribution in [3.8, 4) is 5.75 Å². The number of hydrogen-bond donors (Lipinski definition) is 1. The Hall–Kier alpha value is -3.06. The molecule has 0 aliphatic heterocycles. The zero-order valence-electron chi connectivity index (χ0n) is 21.4. The van der Waals surface area contributed by atoms with Crippen molar-refractivity contribution in [2.75, 3.05) is 17.7 Å². The summed E-state index contributed by atoms with van der Waals surface area (Å²) >= 11 is 1.38. The summed E-state index contributed by atoms with van der Waals surface area (Å²) in [5.41, 5.74) is 4.47. The van der Waals surface area contributed by atoms with Crippen molar-refractivity contribution in [1.82, 2.24) is 14.8 Å². The number of allylic oxidation sites excluding steroid dienone is 1. The van der Waals surface area contributed by atoms with Crippen molar-refractivity contribution in [2.24, 2.45) is 0 Å². The molecule has 7 heteroatoms. The van der Waals surface area contributed by atoms with E-state index in [2.05, 4.69) is 61.1 Å². The molecule has 3 aromatic rings. The van der Waals surface area contributed by atoms with E-state index in [-0.39, 0.29) is 17.1 Å². The fraction of sp³-hybridized carbons (Fsp3) is 0.393. The third kappa shape index (κ3) is 7.99. The van der Waals surface area contributed by atoms with Gasteiger partial charge in [0.05, 0.1) is 12.4 Å². The van der Waals surface area contributed by atoms with Gasteiger partial charge in [-0.05, 0) is 66.6 Å². The van der Waals surface area contributed by atoms with Gasteiger partial charge in [0.15, 0.2) is 5.16 Å². The Kier molecular flexibility index (Phi) is 9.15. The maximum Gasteiger partial charge on any atom is 0.234 e. The first-order valence-electron chi connectivity index (χ1n) is 11.9. The standard InChI is InChI=1S/C28H36N4O2S/c1-7-14-32-25(9-8-15-34-24-12-10-22(11-13-24)28(4,5)6)30-31-27(32)35-19-26(33)29-23-17-20(2)16-21(3)18-23/h7,10-13,16-18H,1,8-9,14-15,19H2,2-6H3,(H,29,33). The number of benzene rings is 2. The van der Waals surface area contributed by atoms with Crippen molar-refractivity contribution in [3.63, 3.8) is 0 Å². The highest BCUT2D eigenvalue weighted by Gasteiger charge is 2.15. The molecule has 186 valence electrons. The van der Waals surface area contributed by atoms with Crippen molar-refractivity contribution in [3.05, 3.63) is 77.6 Å². The summed E-state index contributed by atoms with van der Waals surface area (Å²) in [6.07, 6.45) is 3.37. The Morgan fingerprint density at radius 3 is 2.43 bits per heavy atom. The Labute approximate surface area is 213 Å². The van der Waals surface area contributed by atoms with Gasteiger partial charge >= 0.3 is 0 Å². The number of hydrogen-bond acceptors (Lipinski definition) is 5. The summed E-state index contributed by atoms with van der Waals surface area (Å²) < 4.78 is 7.93. The first-order chi connectivity index (χ1) is 16.7. The highest BCUT2D eigenvalue weighted by molar-refractivity contribution is 7.99. The van der Waals surface area contributed by atoms with Crippen LogP contribution in [-0.4, -0.2) is 33.0 Å². The smallest absolute Gasteiger partial charge is 0.234 e. The van der Waals surface area contributed by atoms with Crippen LogP contribution in [-0.2, 0) is 23.2 Å². The van der Waals surface area contributed by atoms with Crippen LogP contribution in [0.3, 0.4) is 0 Å². The minimum absolute atomic E-state index is 0.0689. The van der Waals surface area contributed by atoms with Crippen molar-refractivity contribution >= 4 is 23.4 Å². The maximum atomic E-state index is 12.5. The van der Waals surface area contributed by atoms with Gasteiger partial charge in [0.2, 0.25) is 5.91 Å². The molecule has 6 nitrogen and oxygen atoms in total. The second-order valence-corrected chi connectivity index (χ2v) is 10.7. The van der Waals surface area contributed by atoms with Gasteiger partial charge in [-0.3, -0.25) is 4.79 Å². The number of ether oxygens (including phenoxy) is 1. The molecule has 2 aromatic carbocycles. The lowest BCUT2D eigenvalue weighted by Crippen LogP contribution is -2.15. The number of thioether (sulfide) groups is 1.